The van der Waals surface area contributed by atoms with Crippen LogP contribution in [-0.4, -0.2) is 13.1 Å². The maximum absolute atomic E-state index is 9.21. The van der Waals surface area contributed by atoms with Crippen LogP contribution in [0.15, 0.2) is 53.1 Å². The van der Waals surface area contributed by atoms with Crippen molar-refractivity contribution in [2.24, 2.45) is 0 Å². The second kappa shape index (κ2) is 7.47. The van der Waals surface area contributed by atoms with Gasteiger partial charge in [-0.05, 0) is 83.2 Å². The minimum Gasteiger partial charge on any atom is -0.462 e. The van der Waals surface area contributed by atoms with Crippen molar-refractivity contribution in [3.05, 3.63) is 81.3 Å². The predicted octanol–water partition coefficient (Wildman–Crippen LogP) is 6.38. The summed E-state index contributed by atoms with van der Waals surface area (Å²) in [5.74, 6) is 1.31. The molecule has 0 N–H and O–H groups in total. The molecular weight excluding hydrogens is 382 g/mol. The number of rotatable bonds is 2. The third kappa shape index (κ3) is 3.79. The van der Waals surface area contributed by atoms with Gasteiger partial charge in [-0.1, -0.05) is 33.8 Å². The van der Waals surface area contributed by atoms with Gasteiger partial charge in [-0.2, -0.15) is 0 Å². The number of benzene rings is 1. The average molecular weight is 412 g/mol. The Bertz CT molecular complexity index is 1090. The molecule has 0 saturated heterocycles. The van der Waals surface area contributed by atoms with E-state index in [2.05, 4.69) is 55.6 Å². The fourth-order valence-electron chi connectivity index (χ4n) is 4.77. The lowest BCUT2D eigenvalue weighted by molar-refractivity contribution is 0.318. The molecule has 4 rings (SSSR count). The summed E-state index contributed by atoms with van der Waals surface area (Å²) in [6, 6.07) is 6.62. The zero-order valence-corrected chi connectivity index (χ0v) is 19.0. The molecule has 3 aliphatic rings. The minimum absolute atomic E-state index is 0.0790. The maximum atomic E-state index is 9.21. The van der Waals surface area contributed by atoms with E-state index in [4.69, 9.17) is 11.3 Å². The van der Waals surface area contributed by atoms with Gasteiger partial charge >= 0.3 is 0 Å². The van der Waals surface area contributed by atoms with Gasteiger partial charge in [-0.3, -0.25) is 0 Å². The van der Waals surface area contributed by atoms with Crippen LogP contribution in [0.1, 0.15) is 64.2 Å². The number of allylic oxidation sites excluding steroid dienone is 6. The van der Waals surface area contributed by atoms with Gasteiger partial charge in [0, 0.05) is 18.8 Å². The molecule has 3 heterocycles. The molecule has 0 amide bonds. The van der Waals surface area contributed by atoms with Gasteiger partial charge in [0.2, 0.25) is 0 Å². The Labute approximate surface area is 185 Å². The normalized spacial score (nSPS) is 22.5. The molecule has 4 nitrogen and oxygen atoms in total. The van der Waals surface area contributed by atoms with Gasteiger partial charge in [0.1, 0.15) is 11.5 Å². The summed E-state index contributed by atoms with van der Waals surface area (Å²) < 4.78 is 5.84. The topological polar surface area (TPSA) is 40.6 Å². The van der Waals surface area contributed by atoms with Crippen LogP contribution in [0.2, 0.25) is 0 Å². The van der Waals surface area contributed by atoms with E-state index in [1.807, 2.05) is 19.1 Å². The highest BCUT2D eigenvalue weighted by molar-refractivity contribution is 5.72. The zero-order chi connectivity index (χ0) is 22.4. The van der Waals surface area contributed by atoms with E-state index < -0.39 is 0 Å². The summed E-state index contributed by atoms with van der Waals surface area (Å²) in [6.45, 7) is 20.7. The highest BCUT2D eigenvalue weighted by Gasteiger charge is 2.39. The van der Waals surface area contributed by atoms with E-state index >= 15 is 0 Å². The van der Waals surface area contributed by atoms with Crippen molar-refractivity contribution in [3.8, 4) is 6.07 Å². The van der Waals surface area contributed by atoms with Gasteiger partial charge in [-0.15, -0.1) is 0 Å². The van der Waals surface area contributed by atoms with E-state index in [9.17, 15) is 5.26 Å². The molecule has 0 radical (unpaired) electrons. The van der Waals surface area contributed by atoms with E-state index in [0.29, 0.717) is 17.1 Å². The molecule has 0 unspecified atom stereocenters. The largest absolute Gasteiger partial charge is 0.462 e. The summed E-state index contributed by atoms with van der Waals surface area (Å²) in [4.78, 5) is 5.90. The Hall–Kier alpha value is -3.24. The van der Waals surface area contributed by atoms with E-state index in [1.165, 1.54) is 16.8 Å². The van der Waals surface area contributed by atoms with Crippen LogP contribution >= 0.6 is 0 Å². The number of nitrogens with zero attached hydrogens (tertiary/aromatic N) is 3. The van der Waals surface area contributed by atoms with Crippen LogP contribution in [0, 0.1) is 17.9 Å². The van der Waals surface area contributed by atoms with Crippen molar-refractivity contribution in [2.45, 2.75) is 58.3 Å². The van der Waals surface area contributed by atoms with Gasteiger partial charge in [0.15, 0.2) is 0 Å². The van der Waals surface area contributed by atoms with Crippen molar-refractivity contribution in [2.75, 3.05) is 18.0 Å². The number of hydrogen-bond donors (Lipinski definition) is 0. The van der Waals surface area contributed by atoms with E-state index in [0.717, 1.165) is 31.5 Å². The molecular formula is C27H29N3O. The number of nitriles is 1. The van der Waals surface area contributed by atoms with Crippen LogP contribution < -0.4 is 4.90 Å². The van der Waals surface area contributed by atoms with Gasteiger partial charge in [-0.25, -0.2) is 10.1 Å². The van der Waals surface area contributed by atoms with Crippen LogP contribution in [0.25, 0.3) is 10.9 Å². The molecule has 3 aliphatic heterocycles. The first kappa shape index (κ1) is 21.0. The molecule has 0 atom stereocenters. The molecule has 0 bridgehead atoms. The van der Waals surface area contributed by atoms with Crippen molar-refractivity contribution >= 4 is 11.8 Å². The Balaban J connectivity index is 1.77. The minimum atomic E-state index is 0.0790. The van der Waals surface area contributed by atoms with Gasteiger partial charge in [0.25, 0.3) is 5.70 Å². The molecule has 4 heteroatoms. The summed E-state index contributed by atoms with van der Waals surface area (Å²) in [5.41, 5.74) is 6.42. The lowest BCUT2D eigenvalue weighted by Crippen LogP contribution is -2.44. The first-order valence-corrected chi connectivity index (χ1v) is 10.9. The SMILES string of the molecule is [C-]#[N+]C(C#N)=C1C=C(C)OC(C=Cc2cc3c4c(c2)C(C)(C)CCN4CCC3(C)C)=C1. The average Bonchev–Trinajstić information content (AvgIpc) is 2.71. The highest BCUT2D eigenvalue weighted by Crippen LogP contribution is 2.49. The van der Waals surface area contributed by atoms with E-state index in [-0.39, 0.29) is 16.5 Å². The molecule has 0 saturated carbocycles. The third-order valence-corrected chi connectivity index (χ3v) is 6.79. The Kier molecular flexibility index (Phi) is 5.06. The molecule has 31 heavy (non-hydrogen) atoms. The second-order valence-electron chi connectivity index (χ2n) is 9.98. The summed E-state index contributed by atoms with van der Waals surface area (Å²) >= 11 is 0. The quantitative estimate of drug-likeness (QED) is 0.418. The monoisotopic (exact) mass is 411 g/mol. The van der Waals surface area contributed by atoms with E-state index in [1.54, 1.807) is 12.2 Å². The Morgan fingerprint density at radius 3 is 2.26 bits per heavy atom. The lowest BCUT2D eigenvalue weighted by atomic mass is 9.69. The van der Waals surface area contributed by atoms with Crippen molar-refractivity contribution in [1.82, 2.24) is 0 Å². The second-order valence-corrected chi connectivity index (χ2v) is 9.98. The molecule has 1 aromatic carbocycles. The molecule has 0 fully saturated rings. The number of hydrogen-bond acceptors (Lipinski definition) is 3. The first-order chi connectivity index (χ1) is 14.6. The predicted molar refractivity (Wildman–Crippen MR) is 125 cm³/mol. The maximum Gasteiger partial charge on any atom is 0.269 e. The zero-order valence-electron chi connectivity index (χ0n) is 19.0. The third-order valence-electron chi connectivity index (χ3n) is 6.79. The van der Waals surface area contributed by atoms with Crippen molar-refractivity contribution in [3.63, 3.8) is 0 Å². The summed E-state index contributed by atoms with van der Waals surface area (Å²) in [7, 11) is 0. The molecule has 0 aromatic heterocycles. The van der Waals surface area contributed by atoms with Crippen molar-refractivity contribution < 1.29 is 4.74 Å². The molecule has 158 valence electrons. The summed E-state index contributed by atoms with van der Waals surface area (Å²) in [5, 5.41) is 9.21. The smallest absolute Gasteiger partial charge is 0.269 e. The van der Waals surface area contributed by atoms with Gasteiger partial charge in [0.05, 0.1) is 12.6 Å². The Morgan fingerprint density at radius 1 is 1.10 bits per heavy atom. The first-order valence-electron chi connectivity index (χ1n) is 10.9. The van der Waals surface area contributed by atoms with Crippen LogP contribution in [0.4, 0.5) is 5.69 Å². The molecule has 0 aliphatic carbocycles. The van der Waals surface area contributed by atoms with Gasteiger partial charge < -0.3 is 9.64 Å². The number of anilines is 1. The Morgan fingerprint density at radius 2 is 1.71 bits per heavy atom. The fraction of sp³-hybridized carbons (Fsp3) is 0.407. The van der Waals surface area contributed by atoms with Crippen LogP contribution in [0.3, 0.4) is 0 Å². The fourth-order valence-corrected chi connectivity index (χ4v) is 4.77. The standard InChI is InChI=1S/C27H29N3O/c1-18-13-20(24(17-28)29-6)16-21(31-18)8-7-19-14-22-25-23(15-19)27(4,5)10-12-30(25)11-9-26(22,2)3/h7-8,13-16H,9-12H2,1-5H3. The highest BCUT2D eigenvalue weighted by atomic mass is 16.5. The summed E-state index contributed by atoms with van der Waals surface area (Å²) in [6.07, 6.45) is 9.84. The number of ether oxygens (including phenoxy) is 1. The molecule has 0 spiro atoms. The lowest BCUT2D eigenvalue weighted by Gasteiger charge is -2.48. The molecule has 1 aromatic rings. The van der Waals surface area contributed by atoms with Crippen LogP contribution in [0.5, 0.6) is 0 Å². The van der Waals surface area contributed by atoms with Crippen molar-refractivity contribution in [1.29, 1.82) is 5.26 Å². The van der Waals surface area contributed by atoms with Crippen LogP contribution in [-0.2, 0) is 15.6 Å².